The van der Waals surface area contributed by atoms with Crippen molar-refractivity contribution >= 4 is 67.7 Å². The number of rotatable bonds is 20. The molecule has 3 heterocycles. The topological polar surface area (TPSA) is 260 Å². The summed E-state index contributed by atoms with van der Waals surface area (Å²) in [4.78, 5) is 38.4. The zero-order chi connectivity index (χ0) is 43.8. The van der Waals surface area contributed by atoms with Gasteiger partial charge in [0.05, 0.1) is 38.8 Å². The van der Waals surface area contributed by atoms with Gasteiger partial charge >= 0.3 is 27.4 Å². The van der Waals surface area contributed by atoms with Crippen LogP contribution in [-0.4, -0.2) is 82.2 Å². The van der Waals surface area contributed by atoms with E-state index >= 15 is 0 Å². The normalized spacial score (nSPS) is 21.8. The fourth-order valence-corrected chi connectivity index (χ4v) is 9.41. The van der Waals surface area contributed by atoms with Crippen molar-refractivity contribution in [3.63, 3.8) is 0 Å². The Labute approximate surface area is 355 Å². The van der Waals surface area contributed by atoms with Crippen LogP contribution in [0.3, 0.4) is 0 Å². The molecule has 324 valence electrons. The van der Waals surface area contributed by atoms with E-state index in [1.165, 1.54) is 80.2 Å². The number of aromatic nitrogens is 4. The Kier molecular flexibility index (Phi) is 15.4. The molecule has 1 aliphatic rings. The predicted molar refractivity (Wildman–Crippen MR) is 217 cm³/mol. The van der Waals surface area contributed by atoms with Crippen LogP contribution in [0.5, 0.6) is 17.4 Å². The van der Waals surface area contributed by atoms with E-state index in [0.717, 1.165) is 0 Å². The number of hydrogen-bond acceptors (Lipinski definition) is 17. The molecular formula is C36H44Cl2N8O12P2. The fraction of sp³-hybridized carbons (Fsp3) is 0.444. The first-order valence-electron chi connectivity index (χ1n) is 18.5. The van der Waals surface area contributed by atoms with Crippen molar-refractivity contribution in [3.8, 4) is 23.4 Å². The molecule has 2 aromatic carbocycles. The fourth-order valence-electron chi connectivity index (χ4n) is 5.87. The number of nitrogen functional groups attached to an aromatic ring is 1. The number of nitrogens with two attached hydrogens (primary N) is 1. The first-order chi connectivity index (χ1) is 28.5. The summed E-state index contributed by atoms with van der Waals surface area (Å²) in [5.74, 6) is -1.64. The number of benzene rings is 2. The van der Waals surface area contributed by atoms with Gasteiger partial charge < -0.3 is 33.7 Å². The monoisotopic (exact) mass is 912 g/mol. The van der Waals surface area contributed by atoms with Crippen molar-refractivity contribution in [2.75, 3.05) is 32.2 Å². The quantitative estimate of drug-likeness (QED) is 0.0640. The summed E-state index contributed by atoms with van der Waals surface area (Å²) in [6, 6.07) is 11.3. The van der Waals surface area contributed by atoms with Gasteiger partial charge in [-0.15, -0.1) is 0 Å². The maximum atomic E-state index is 15.0. The molecule has 0 spiro atoms. The van der Waals surface area contributed by atoms with Crippen LogP contribution in [0.15, 0.2) is 54.9 Å². The molecule has 0 saturated carbocycles. The lowest BCUT2D eigenvalue weighted by Crippen LogP contribution is -2.43. The molecule has 60 heavy (non-hydrogen) atoms. The zero-order valence-electron chi connectivity index (χ0n) is 33.3. The molecule has 0 radical (unpaired) electrons. The number of nitriles is 1. The average Bonchev–Trinajstić information content (AvgIpc) is 3.73. The molecule has 5 rings (SSSR count). The van der Waals surface area contributed by atoms with Crippen LogP contribution >= 0.6 is 38.7 Å². The molecule has 1 fully saturated rings. The Bertz CT molecular complexity index is 2280. The van der Waals surface area contributed by atoms with Crippen LogP contribution in [0.2, 0.25) is 10.0 Å². The predicted octanol–water partition coefficient (Wildman–Crippen LogP) is 6.40. The molecule has 0 aliphatic carbocycles. The molecular weight excluding hydrogens is 869 g/mol. The van der Waals surface area contributed by atoms with Crippen LogP contribution in [0.25, 0.3) is 11.2 Å². The number of imidazole rings is 1. The van der Waals surface area contributed by atoms with Gasteiger partial charge in [0.2, 0.25) is 11.8 Å². The highest BCUT2D eigenvalue weighted by molar-refractivity contribution is 7.52. The number of hydrogen-bond donors (Lipinski definition) is 3. The number of nitrogens with one attached hydrogen (secondary N) is 2. The molecule has 2 unspecified atom stereocenters. The largest absolute Gasteiger partial charge is 0.476 e. The Morgan fingerprint density at radius 1 is 0.917 bits per heavy atom. The van der Waals surface area contributed by atoms with Crippen molar-refractivity contribution < 1.29 is 55.8 Å². The third kappa shape index (κ3) is 11.0. The molecule has 2 aromatic heterocycles. The molecule has 0 bridgehead atoms. The number of carbonyl (C=O) groups excluding carboxylic acids is 2. The number of halogens is 2. The second kappa shape index (κ2) is 19.9. The van der Waals surface area contributed by atoms with Crippen molar-refractivity contribution in [1.29, 1.82) is 5.26 Å². The number of ether oxygens (including phenoxy) is 4. The summed E-state index contributed by atoms with van der Waals surface area (Å²) in [5.41, 5.74) is 4.45. The highest BCUT2D eigenvalue weighted by Gasteiger charge is 2.60. The third-order valence-electron chi connectivity index (χ3n) is 8.65. The molecule has 8 atom stereocenters. The Morgan fingerprint density at radius 3 is 1.97 bits per heavy atom. The average molecular weight is 914 g/mol. The Hall–Kier alpha value is -4.54. The number of carbonyl (C=O) groups is 2. The van der Waals surface area contributed by atoms with E-state index in [4.69, 9.17) is 66.0 Å². The van der Waals surface area contributed by atoms with Gasteiger partial charge in [-0.2, -0.15) is 25.4 Å². The number of anilines is 1. The van der Waals surface area contributed by atoms with Crippen molar-refractivity contribution in [1.82, 2.24) is 29.7 Å². The lowest BCUT2D eigenvalue weighted by molar-refractivity contribution is -0.145. The van der Waals surface area contributed by atoms with Crippen LogP contribution in [0.1, 0.15) is 47.8 Å². The lowest BCUT2D eigenvalue weighted by atomic mass is 9.84. The van der Waals surface area contributed by atoms with E-state index in [9.17, 15) is 24.0 Å². The van der Waals surface area contributed by atoms with Gasteiger partial charge in [0.15, 0.2) is 17.4 Å². The van der Waals surface area contributed by atoms with Gasteiger partial charge in [0.25, 0.3) is 0 Å². The smallest absolute Gasteiger partial charge is 0.459 e. The van der Waals surface area contributed by atoms with E-state index in [1.54, 1.807) is 20.8 Å². The van der Waals surface area contributed by atoms with Gasteiger partial charge in [-0.1, -0.05) is 23.2 Å². The van der Waals surface area contributed by atoms with Crippen molar-refractivity contribution in [2.45, 2.75) is 72.1 Å². The maximum Gasteiger partial charge on any atom is 0.459 e. The highest BCUT2D eigenvalue weighted by Crippen LogP contribution is 2.56. The summed E-state index contributed by atoms with van der Waals surface area (Å²) in [6.45, 7) is 8.67. The van der Waals surface area contributed by atoms with E-state index in [1.807, 2.05) is 0 Å². The van der Waals surface area contributed by atoms with Gasteiger partial charge in [-0.3, -0.25) is 23.2 Å². The number of esters is 2. The van der Waals surface area contributed by atoms with Crippen molar-refractivity contribution in [2.24, 2.45) is 5.41 Å². The SMILES string of the molecule is CCOC(=O)[C@H](C)NP(=O)(OC[C@H]1O[C@@H](n2cnc3c(OCC)nc(N)nc32)[C@](C)(C#N)[C@@H]1OP(=O)(N[C@@H](C)C(=O)OCC)Oc1ccc(Cl)cc1)Oc1ccc(Cl)cc1. The minimum atomic E-state index is -4.77. The van der Waals surface area contributed by atoms with Crippen molar-refractivity contribution in [3.05, 3.63) is 64.9 Å². The first kappa shape index (κ1) is 46.5. The Balaban J connectivity index is 1.61. The third-order valence-corrected chi connectivity index (χ3v) is 12.5. The molecule has 1 saturated heterocycles. The molecule has 20 nitrogen and oxygen atoms in total. The number of fused-ring (bicyclic) bond motifs is 1. The molecule has 1 aliphatic heterocycles. The highest BCUT2D eigenvalue weighted by atomic mass is 35.5. The minimum Gasteiger partial charge on any atom is -0.476 e. The van der Waals surface area contributed by atoms with E-state index in [2.05, 4.69) is 31.2 Å². The van der Waals surface area contributed by atoms with Crippen LogP contribution in [0.4, 0.5) is 5.95 Å². The lowest BCUT2D eigenvalue weighted by Gasteiger charge is -2.32. The van der Waals surface area contributed by atoms with Gasteiger partial charge in [0.1, 0.15) is 41.2 Å². The minimum absolute atomic E-state index is 0.00229. The second-order valence-electron chi connectivity index (χ2n) is 13.2. The molecule has 0 amide bonds. The van der Waals surface area contributed by atoms with E-state index in [-0.39, 0.29) is 54.3 Å². The van der Waals surface area contributed by atoms with Gasteiger partial charge in [-0.25, -0.2) is 14.1 Å². The van der Waals surface area contributed by atoms with Crippen LogP contribution in [0, 0.1) is 16.7 Å². The number of nitrogens with zero attached hydrogens (tertiary/aromatic N) is 5. The summed E-state index contributed by atoms with van der Waals surface area (Å²) in [7, 11) is -9.36. The van der Waals surface area contributed by atoms with E-state index in [0.29, 0.717) is 10.0 Å². The van der Waals surface area contributed by atoms with Gasteiger partial charge in [0, 0.05) is 10.0 Å². The van der Waals surface area contributed by atoms with Crippen LogP contribution in [-0.2, 0) is 42.0 Å². The molecule has 4 aromatic rings. The molecule has 4 N–H and O–H groups in total. The van der Waals surface area contributed by atoms with E-state index < -0.39 is 70.0 Å². The summed E-state index contributed by atoms with van der Waals surface area (Å²) >= 11 is 12.2. The molecule has 24 heteroatoms. The summed E-state index contributed by atoms with van der Waals surface area (Å²) < 4.78 is 77.3. The summed E-state index contributed by atoms with van der Waals surface area (Å²) in [5, 5.41) is 16.9. The standard InChI is InChI=1S/C36H44Cl2N8O12P2/c1-7-51-31-28-30(42-35(40)43-31)46(20-41-28)34-36(6,19-39)29(58-60(50,45-22(5)33(48)53-9-3)57-26-16-12-24(38)13-17-26)27(55-34)18-54-59(49,44-21(4)32(47)52-8-2)56-25-14-10-23(37)11-15-25/h10-17,20-22,27,29,34H,7-9,18H2,1-6H3,(H,44,49)(H,45,50)(H2,40,42,43)/t21-,22-,27+,29+,34+,36+,59?,60?/m0/s1. The first-order valence-corrected chi connectivity index (χ1v) is 22.3. The Morgan fingerprint density at radius 2 is 1.45 bits per heavy atom. The summed E-state index contributed by atoms with van der Waals surface area (Å²) in [6.07, 6.45) is -3.17. The zero-order valence-corrected chi connectivity index (χ0v) is 36.6. The second-order valence-corrected chi connectivity index (χ2v) is 17.4. The maximum absolute atomic E-state index is 15.0. The van der Waals surface area contributed by atoms with Crippen LogP contribution < -0.4 is 29.7 Å². The van der Waals surface area contributed by atoms with Gasteiger partial charge in [-0.05, 0) is 90.1 Å².